The van der Waals surface area contributed by atoms with E-state index in [1.165, 1.54) is 24.5 Å². The van der Waals surface area contributed by atoms with E-state index in [2.05, 4.69) is 20.0 Å². The Bertz CT molecular complexity index is 1040. The Morgan fingerprint density at radius 2 is 2.09 bits per heavy atom. The summed E-state index contributed by atoms with van der Waals surface area (Å²) in [5.74, 6) is 0.0886. The maximum absolute atomic E-state index is 13.4. The average molecular weight is 471 g/mol. The van der Waals surface area contributed by atoms with Gasteiger partial charge in [-0.1, -0.05) is 30.4 Å². The quantitative estimate of drug-likeness (QED) is 0.513. The number of alkyl halides is 1. The molecule has 174 valence electrons. The van der Waals surface area contributed by atoms with Crippen LogP contribution in [0.15, 0.2) is 77.6 Å². The second-order valence-corrected chi connectivity index (χ2v) is 8.41. The second kappa shape index (κ2) is 12.9. The van der Waals surface area contributed by atoms with Crippen LogP contribution in [-0.2, 0) is 15.7 Å². The fourth-order valence-corrected chi connectivity index (χ4v) is 3.89. The summed E-state index contributed by atoms with van der Waals surface area (Å²) in [5.41, 5.74) is 1.82. The van der Waals surface area contributed by atoms with Gasteiger partial charge in [0.05, 0.1) is 17.1 Å². The first kappa shape index (κ1) is 24.6. The Labute approximate surface area is 195 Å². The van der Waals surface area contributed by atoms with Gasteiger partial charge >= 0.3 is 0 Å². The van der Waals surface area contributed by atoms with E-state index in [9.17, 15) is 13.4 Å². The lowest BCUT2D eigenvalue weighted by Crippen LogP contribution is -2.26. The van der Waals surface area contributed by atoms with Gasteiger partial charge in [0.2, 0.25) is 0 Å². The molecule has 1 aromatic heterocycles. The van der Waals surface area contributed by atoms with Crippen LogP contribution in [-0.4, -0.2) is 52.6 Å². The van der Waals surface area contributed by atoms with Gasteiger partial charge in [-0.25, -0.2) is 23.3 Å². The van der Waals surface area contributed by atoms with Crippen LogP contribution in [0.4, 0.5) is 4.39 Å². The first-order chi connectivity index (χ1) is 16.1. The molecule has 0 saturated heterocycles. The summed E-state index contributed by atoms with van der Waals surface area (Å²) in [6.07, 6.45) is 17.7. The summed E-state index contributed by atoms with van der Waals surface area (Å²) in [4.78, 5) is 21.6. The molecule has 1 amide bonds. The number of nitrogens with zero attached hydrogens (tertiary/aromatic N) is 2. The van der Waals surface area contributed by atoms with Gasteiger partial charge in [-0.05, 0) is 43.2 Å². The van der Waals surface area contributed by atoms with Crippen LogP contribution in [0.5, 0.6) is 0 Å². The number of nitrogens with one attached hydrogen (secondary N) is 2. The molecule has 0 spiro atoms. The molecule has 9 heteroatoms. The molecule has 7 nitrogen and oxygen atoms in total. The predicted octanol–water partition coefficient (Wildman–Crippen LogP) is 3.11. The maximum atomic E-state index is 13.4. The van der Waals surface area contributed by atoms with E-state index in [4.69, 9.17) is 4.74 Å². The minimum Gasteiger partial charge on any atom is -0.380 e. The molecule has 2 aliphatic rings. The normalized spacial score (nSPS) is 18.6. The molecule has 2 N–H and O–H groups in total. The standard InChI is InChI=1S/C24H27FN4O3S/c1-2-32-13-12-29-33(31)22-9-4-3-6-18(14-22)15-28-24(30)20-16-26-23(27-17-20)19-7-5-8-21(25)11-10-19/h4-11,14,16-17,21,29H,2-3,12-13,15H2,1H3,(H,28,30). The third kappa shape index (κ3) is 7.81. The fraction of sp³-hybridized carbons (Fsp3) is 0.292. The van der Waals surface area contributed by atoms with Crippen molar-refractivity contribution in [2.75, 3.05) is 26.3 Å². The monoisotopic (exact) mass is 470 g/mol. The molecule has 0 bridgehead atoms. The molecule has 33 heavy (non-hydrogen) atoms. The Balaban J connectivity index is 1.56. The predicted molar refractivity (Wildman–Crippen MR) is 128 cm³/mol. The average Bonchev–Trinajstić information content (AvgIpc) is 3.20. The van der Waals surface area contributed by atoms with E-state index in [1.807, 2.05) is 31.2 Å². The minimum absolute atomic E-state index is 0.276. The van der Waals surface area contributed by atoms with Crippen molar-refractivity contribution in [3.8, 4) is 0 Å². The summed E-state index contributed by atoms with van der Waals surface area (Å²) >= 11 is 0. The molecule has 0 saturated carbocycles. The molecule has 0 aromatic carbocycles. The lowest BCUT2D eigenvalue weighted by atomic mass is 10.2. The van der Waals surface area contributed by atoms with Crippen molar-refractivity contribution in [1.29, 1.82) is 0 Å². The summed E-state index contributed by atoms with van der Waals surface area (Å²) in [6, 6.07) is 0. The highest BCUT2D eigenvalue weighted by Gasteiger charge is 2.12. The molecule has 1 heterocycles. The Morgan fingerprint density at radius 1 is 1.27 bits per heavy atom. The van der Waals surface area contributed by atoms with E-state index in [0.717, 1.165) is 5.57 Å². The van der Waals surface area contributed by atoms with Crippen molar-refractivity contribution < 1.29 is 18.1 Å². The molecule has 2 unspecified atom stereocenters. The van der Waals surface area contributed by atoms with Gasteiger partial charge in [0.15, 0.2) is 5.82 Å². The highest BCUT2D eigenvalue weighted by molar-refractivity contribution is 7.87. The van der Waals surface area contributed by atoms with Crippen molar-refractivity contribution in [3.63, 3.8) is 0 Å². The second-order valence-electron chi connectivity index (χ2n) is 7.11. The number of aromatic nitrogens is 2. The van der Waals surface area contributed by atoms with Crippen LogP contribution in [0.1, 0.15) is 29.5 Å². The molecule has 0 fully saturated rings. The highest BCUT2D eigenvalue weighted by atomic mass is 32.2. The summed E-state index contributed by atoms with van der Waals surface area (Å²) in [6.45, 7) is 3.77. The first-order valence-electron chi connectivity index (χ1n) is 10.7. The molecule has 0 radical (unpaired) electrons. The van der Waals surface area contributed by atoms with Gasteiger partial charge in [0.25, 0.3) is 5.91 Å². The van der Waals surface area contributed by atoms with Crippen molar-refractivity contribution in [2.24, 2.45) is 0 Å². The van der Waals surface area contributed by atoms with Crippen molar-refractivity contribution >= 4 is 22.5 Å². The summed E-state index contributed by atoms with van der Waals surface area (Å²) < 4.78 is 34.0. The molecule has 1 aromatic rings. The molecule has 2 aliphatic carbocycles. The van der Waals surface area contributed by atoms with E-state index in [1.54, 1.807) is 18.2 Å². The maximum Gasteiger partial charge on any atom is 0.254 e. The number of ether oxygens (including phenoxy) is 1. The van der Waals surface area contributed by atoms with Crippen LogP contribution in [0.25, 0.3) is 5.57 Å². The Hall–Kier alpha value is -3.01. The first-order valence-corrected chi connectivity index (χ1v) is 11.8. The molecule has 3 rings (SSSR count). The molecular formula is C24H27FN4O3S. The van der Waals surface area contributed by atoms with Gasteiger partial charge in [0, 0.05) is 37.7 Å². The number of rotatable bonds is 10. The van der Waals surface area contributed by atoms with Gasteiger partial charge < -0.3 is 10.1 Å². The van der Waals surface area contributed by atoms with Crippen molar-refractivity contribution in [2.45, 2.75) is 19.5 Å². The summed E-state index contributed by atoms with van der Waals surface area (Å²) in [7, 11) is -1.37. The Kier molecular flexibility index (Phi) is 9.61. The van der Waals surface area contributed by atoms with Crippen LogP contribution in [0.2, 0.25) is 0 Å². The smallest absolute Gasteiger partial charge is 0.254 e. The number of allylic oxidation sites excluding steroid dienone is 9. The number of hydrogen-bond donors (Lipinski definition) is 2. The van der Waals surface area contributed by atoms with Crippen molar-refractivity contribution in [3.05, 3.63) is 88.9 Å². The molecule has 0 aliphatic heterocycles. The molecular weight excluding hydrogens is 443 g/mol. The highest BCUT2D eigenvalue weighted by Crippen LogP contribution is 2.16. The van der Waals surface area contributed by atoms with E-state index < -0.39 is 17.2 Å². The number of carbonyl (C=O) groups excluding carboxylic acids is 1. The van der Waals surface area contributed by atoms with Crippen LogP contribution in [0.3, 0.4) is 0 Å². The van der Waals surface area contributed by atoms with Gasteiger partial charge in [-0.3, -0.25) is 4.79 Å². The van der Waals surface area contributed by atoms with E-state index >= 15 is 0 Å². The topological polar surface area (TPSA) is 93.2 Å². The number of carbonyl (C=O) groups is 1. The number of halogens is 1. The van der Waals surface area contributed by atoms with E-state index in [-0.39, 0.29) is 12.5 Å². The van der Waals surface area contributed by atoms with Crippen LogP contribution < -0.4 is 10.0 Å². The van der Waals surface area contributed by atoms with Gasteiger partial charge in [0.1, 0.15) is 17.2 Å². The minimum atomic E-state index is -1.37. The zero-order valence-corrected chi connectivity index (χ0v) is 19.2. The van der Waals surface area contributed by atoms with Gasteiger partial charge in [-0.15, -0.1) is 0 Å². The lowest BCUT2D eigenvalue weighted by molar-refractivity contribution is 0.0956. The largest absolute Gasteiger partial charge is 0.380 e. The SMILES string of the molecule is CCOCCNS(=O)C1=CC(CNC(=O)c2cnc(C3=CC=CC(F)C=C3)nc2)=CCC=C1. The zero-order chi connectivity index (χ0) is 23.5. The number of amides is 1. The van der Waals surface area contributed by atoms with Crippen LogP contribution >= 0.6 is 0 Å². The van der Waals surface area contributed by atoms with Crippen molar-refractivity contribution in [1.82, 2.24) is 20.0 Å². The van der Waals surface area contributed by atoms with Crippen LogP contribution in [0, 0.1) is 0 Å². The summed E-state index contributed by atoms with van der Waals surface area (Å²) in [5, 5.41) is 2.84. The third-order valence-corrected chi connectivity index (χ3v) is 5.83. The fourth-order valence-electron chi connectivity index (χ4n) is 2.97. The zero-order valence-electron chi connectivity index (χ0n) is 18.4. The Morgan fingerprint density at radius 3 is 2.88 bits per heavy atom. The lowest BCUT2D eigenvalue weighted by Gasteiger charge is -2.08. The van der Waals surface area contributed by atoms with E-state index in [0.29, 0.717) is 48.0 Å². The molecule has 2 atom stereocenters. The van der Waals surface area contributed by atoms with Gasteiger partial charge in [-0.2, -0.15) is 0 Å². The third-order valence-electron chi connectivity index (χ3n) is 4.68. The number of hydrogen-bond acceptors (Lipinski definition) is 5.